The Morgan fingerprint density at radius 1 is 1.07 bits per heavy atom. The van der Waals surface area contributed by atoms with Crippen LogP contribution in [0.3, 0.4) is 0 Å². The van der Waals surface area contributed by atoms with Crippen molar-refractivity contribution in [3.63, 3.8) is 0 Å². The van der Waals surface area contributed by atoms with Crippen LogP contribution in [-0.4, -0.2) is 73.5 Å². The molecule has 0 unspecified atom stereocenters. The summed E-state index contributed by atoms with van der Waals surface area (Å²) in [5, 5.41) is 41.0. The number of nitrogens with two attached hydrogens (primary N) is 1. The maximum absolute atomic E-state index is 13.9. The Kier molecular flexibility index (Phi) is 7.86. The number of hydrogen-bond donors (Lipinski definition) is 4. The number of rotatable bonds is 7. The minimum Gasteiger partial charge on any atom is -0.457 e. The highest BCUT2D eigenvalue weighted by Crippen LogP contribution is 2.51. The molecular weight excluding hydrogens is 585 g/mol. The van der Waals surface area contributed by atoms with Crippen molar-refractivity contribution < 1.29 is 47.5 Å². The van der Waals surface area contributed by atoms with Crippen LogP contribution in [0.2, 0.25) is 0 Å². The Balaban J connectivity index is 1.40. The Bertz CT molecular complexity index is 1670. The molecule has 3 heterocycles. The highest BCUT2D eigenvalue weighted by atomic mass is 19.2. The number of nitrogens with zero attached hydrogens (tertiary/aromatic N) is 3. The average Bonchev–Trinajstić information content (AvgIpc) is 3.66. The molecule has 0 aliphatic carbocycles. The molecule has 44 heavy (non-hydrogen) atoms. The monoisotopic (exact) mass is 612 g/mol. The maximum atomic E-state index is 13.9. The Labute approximate surface area is 248 Å². The lowest BCUT2D eigenvalue weighted by Gasteiger charge is -2.50. The highest BCUT2D eigenvalue weighted by Gasteiger charge is 2.62. The van der Waals surface area contributed by atoms with Gasteiger partial charge in [-0.05, 0) is 54.4 Å². The third-order valence-electron chi connectivity index (χ3n) is 7.94. The minimum atomic E-state index is -1.92. The van der Waals surface area contributed by atoms with Crippen molar-refractivity contribution in [2.75, 3.05) is 13.2 Å². The lowest BCUT2D eigenvalue weighted by atomic mass is 9.78. The highest BCUT2D eigenvalue weighted by molar-refractivity contribution is 5.94. The van der Waals surface area contributed by atoms with E-state index in [4.69, 9.17) is 19.9 Å². The second-order valence-electron chi connectivity index (χ2n) is 10.5. The molecule has 11 nitrogen and oxygen atoms in total. The van der Waals surface area contributed by atoms with Gasteiger partial charge in [0.1, 0.15) is 41.5 Å². The Hall–Kier alpha value is -4.34. The molecule has 1 aromatic heterocycles. The van der Waals surface area contributed by atoms with Crippen LogP contribution in [0.1, 0.15) is 34.3 Å². The molecule has 0 saturated carbocycles. The third-order valence-corrected chi connectivity index (χ3v) is 7.94. The molecule has 2 saturated heterocycles. The molecule has 2 aliphatic rings. The zero-order chi connectivity index (χ0) is 31.2. The van der Waals surface area contributed by atoms with E-state index in [0.717, 1.165) is 16.8 Å². The molecule has 14 heteroatoms. The third kappa shape index (κ3) is 5.10. The molecule has 2 aliphatic heterocycles. The number of carbonyl (C=O) groups excluding carboxylic acids is 1. The van der Waals surface area contributed by atoms with Gasteiger partial charge in [-0.3, -0.25) is 4.79 Å². The normalized spacial score (nSPS) is 26.6. The summed E-state index contributed by atoms with van der Waals surface area (Å²) < 4.78 is 60.5. The topological polar surface area (TPSA) is 162 Å². The number of aromatic nitrogens is 3. The summed E-state index contributed by atoms with van der Waals surface area (Å²) in [7, 11) is 0. The summed E-state index contributed by atoms with van der Waals surface area (Å²) in [5.74, 6) is -7.17. The molecular formula is C30H27F3N4O7. The molecule has 1 spiro atoms. The lowest BCUT2D eigenvalue weighted by Crippen LogP contribution is -2.64. The van der Waals surface area contributed by atoms with Crippen LogP contribution in [0, 0.1) is 17.5 Å². The molecule has 4 aromatic rings. The smallest absolute Gasteiger partial charge is 0.248 e. The van der Waals surface area contributed by atoms with E-state index in [0.29, 0.717) is 17.1 Å². The van der Waals surface area contributed by atoms with E-state index in [9.17, 15) is 33.3 Å². The van der Waals surface area contributed by atoms with Crippen LogP contribution < -0.4 is 10.5 Å². The Morgan fingerprint density at radius 2 is 1.80 bits per heavy atom. The van der Waals surface area contributed by atoms with Crippen molar-refractivity contribution in [1.82, 2.24) is 15.0 Å². The van der Waals surface area contributed by atoms with Crippen LogP contribution >= 0.6 is 0 Å². The first-order valence-electron chi connectivity index (χ1n) is 13.6. The van der Waals surface area contributed by atoms with Crippen molar-refractivity contribution in [2.45, 2.75) is 42.5 Å². The molecule has 5 N–H and O–H groups in total. The molecule has 2 fully saturated rings. The van der Waals surface area contributed by atoms with E-state index in [1.54, 1.807) is 36.4 Å². The predicted molar refractivity (Wildman–Crippen MR) is 146 cm³/mol. The van der Waals surface area contributed by atoms with Gasteiger partial charge in [-0.1, -0.05) is 23.4 Å². The SMILES string of the molecule is NC(=O)c1ccc(Oc2ccccc2)cc1[C@H]1CCO[C@]12O[C@H](CO)[C@H](O)[C@H](n1cc(-c3cc(F)c(F)c(F)c3)nn1)[C@H]2O. The fraction of sp³-hybridized carbons (Fsp3) is 0.300. The summed E-state index contributed by atoms with van der Waals surface area (Å²) in [6, 6.07) is 13.6. The number of para-hydroxylation sites is 1. The van der Waals surface area contributed by atoms with E-state index in [-0.39, 0.29) is 29.8 Å². The van der Waals surface area contributed by atoms with Gasteiger partial charge in [0, 0.05) is 17.0 Å². The first kappa shape index (κ1) is 29.7. The summed E-state index contributed by atoms with van der Waals surface area (Å²) >= 11 is 0. The van der Waals surface area contributed by atoms with E-state index < -0.39 is 66.0 Å². The number of primary amides is 1. The summed E-state index contributed by atoms with van der Waals surface area (Å²) in [6.07, 6.45) is -3.13. The fourth-order valence-electron chi connectivity index (χ4n) is 5.88. The minimum absolute atomic E-state index is 0.0569. The van der Waals surface area contributed by atoms with Gasteiger partial charge in [-0.25, -0.2) is 17.9 Å². The van der Waals surface area contributed by atoms with Crippen LogP contribution in [0.15, 0.2) is 66.9 Å². The van der Waals surface area contributed by atoms with Crippen molar-refractivity contribution in [3.8, 4) is 22.8 Å². The van der Waals surface area contributed by atoms with E-state index in [1.807, 2.05) is 6.07 Å². The van der Waals surface area contributed by atoms with Crippen LogP contribution in [0.5, 0.6) is 11.5 Å². The fourth-order valence-corrected chi connectivity index (χ4v) is 5.88. The van der Waals surface area contributed by atoms with E-state index in [2.05, 4.69) is 10.3 Å². The number of ether oxygens (including phenoxy) is 3. The molecule has 6 rings (SSSR count). The van der Waals surface area contributed by atoms with Gasteiger partial charge in [-0.2, -0.15) is 0 Å². The zero-order valence-corrected chi connectivity index (χ0v) is 22.9. The number of aliphatic hydroxyl groups is 3. The predicted octanol–water partition coefficient (Wildman–Crippen LogP) is 2.81. The van der Waals surface area contributed by atoms with E-state index in [1.165, 1.54) is 12.3 Å². The second-order valence-corrected chi connectivity index (χ2v) is 10.5. The first-order valence-corrected chi connectivity index (χ1v) is 13.6. The lowest BCUT2D eigenvalue weighted by molar-refractivity contribution is -0.344. The number of halogens is 3. The number of benzene rings is 3. The van der Waals surface area contributed by atoms with Crippen LogP contribution in [0.25, 0.3) is 11.3 Å². The van der Waals surface area contributed by atoms with Crippen molar-refractivity contribution in [3.05, 3.63) is 95.4 Å². The van der Waals surface area contributed by atoms with Crippen molar-refractivity contribution in [1.29, 1.82) is 0 Å². The standard InChI is InChI=1S/C30H27F3N4O7/c31-21-10-15(11-22(32)25(21)33)23-13-37(36-35-23)26-27(39)24(14-38)44-30(28(26)40)20(8-9-42-30)19-12-17(6-7-18(19)29(34)41)43-16-4-2-1-3-5-16/h1-7,10-13,20,24,26-28,38-40H,8-9,14H2,(H2,34,41)/t20-,24-,26+,27+,28-,30+/m1/s1. The van der Waals surface area contributed by atoms with Crippen molar-refractivity contribution >= 4 is 5.91 Å². The first-order chi connectivity index (χ1) is 21.1. The van der Waals surface area contributed by atoms with Gasteiger partial charge in [-0.15, -0.1) is 5.10 Å². The molecule has 0 radical (unpaired) electrons. The molecule has 230 valence electrons. The van der Waals surface area contributed by atoms with Gasteiger partial charge >= 0.3 is 0 Å². The number of amides is 1. The van der Waals surface area contributed by atoms with Crippen LogP contribution in [-0.2, 0) is 9.47 Å². The molecule has 1 amide bonds. The number of carbonyl (C=O) groups is 1. The molecule has 3 aromatic carbocycles. The molecule has 6 atom stereocenters. The largest absolute Gasteiger partial charge is 0.457 e. The van der Waals surface area contributed by atoms with Gasteiger partial charge in [0.05, 0.1) is 19.4 Å². The average molecular weight is 613 g/mol. The quantitative estimate of drug-likeness (QED) is 0.230. The number of aliphatic hydroxyl groups excluding tert-OH is 3. The van der Waals surface area contributed by atoms with Crippen molar-refractivity contribution in [2.24, 2.45) is 5.73 Å². The zero-order valence-electron chi connectivity index (χ0n) is 22.9. The van der Waals surface area contributed by atoms with Gasteiger partial charge < -0.3 is 35.3 Å². The summed E-state index contributed by atoms with van der Waals surface area (Å²) in [4.78, 5) is 12.5. The van der Waals surface area contributed by atoms with Gasteiger partial charge in [0.15, 0.2) is 17.5 Å². The van der Waals surface area contributed by atoms with Gasteiger partial charge in [0.25, 0.3) is 0 Å². The number of hydrogen-bond acceptors (Lipinski definition) is 9. The van der Waals surface area contributed by atoms with Gasteiger partial charge in [0.2, 0.25) is 11.7 Å². The Morgan fingerprint density at radius 3 is 2.48 bits per heavy atom. The molecule has 0 bridgehead atoms. The summed E-state index contributed by atoms with van der Waals surface area (Å²) in [5.41, 5.74) is 5.94. The maximum Gasteiger partial charge on any atom is 0.248 e. The second kappa shape index (κ2) is 11.6. The van der Waals surface area contributed by atoms with Crippen LogP contribution in [0.4, 0.5) is 13.2 Å². The summed E-state index contributed by atoms with van der Waals surface area (Å²) in [6.45, 7) is -0.639. The van der Waals surface area contributed by atoms with E-state index >= 15 is 0 Å².